The van der Waals surface area contributed by atoms with Crippen molar-refractivity contribution in [2.24, 2.45) is 0 Å². The Kier molecular flexibility index (Phi) is 8.50. The first-order valence-corrected chi connectivity index (χ1v) is 8.06. The van der Waals surface area contributed by atoms with Gasteiger partial charge in [-0.05, 0) is 30.2 Å². The fraction of sp³-hybridized carbons (Fsp3) is 0.444. The van der Waals surface area contributed by atoms with E-state index >= 15 is 0 Å². The summed E-state index contributed by atoms with van der Waals surface area (Å²) in [5.74, 6) is -1.37. The molecule has 3 N–H and O–H groups in total. The number of rotatable bonds is 10. The van der Waals surface area contributed by atoms with Crippen LogP contribution in [-0.2, 0) is 9.59 Å². The highest BCUT2D eigenvalue weighted by Crippen LogP contribution is 2.12. The van der Waals surface area contributed by atoms with Crippen molar-refractivity contribution >= 4 is 18.0 Å². The maximum atomic E-state index is 11.8. The van der Waals surface area contributed by atoms with Crippen LogP contribution in [0.15, 0.2) is 30.0 Å². The van der Waals surface area contributed by atoms with E-state index in [0.717, 1.165) is 19.3 Å². The molecule has 0 radical (unpaired) electrons. The van der Waals surface area contributed by atoms with Crippen molar-refractivity contribution in [3.8, 4) is 5.75 Å². The second kappa shape index (κ2) is 10.4. The minimum atomic E-state index is -1.19. The predicted octanol–water partition coefficient (Wildman–Crippen LogP) is 3.68. The van der Waals surface area contributed by atoms with Gasteiger partial charge in [0.1, 0.15) is 11.4 Å². The number of hydrogen-bond acceptors (Lipinski definition) is 3. The predicted molar refractivity (Wildman–Crippen MR) is 89.9 cm³/mol. The van der Waals surface area contributed by atoms with Crippen LogP contribution >= 0.6 is 0 Å². The normalized spacial score (nSPS) is 11.3. The van der Waals surface area contributed by atoms with Crippen LogP contribution in [0.5, 0.6) is 5.75 Å². The van der Waals surface area contributed by atoms with E-state index in [9.17, 15) is 19.8 Å². The molecule has 0 aliphatic rings. The number of aliphatic carboxylic acids is 1. The van der Waals surface area contributed by atoms with Crippen LogP contribution in [0.25, 0.3) is 6.08 Å². The zero-order valence-electron chi connectivity index (χ0n) is 13.5. The van der Waals surface area contributed by atoms with E-state index in [2.05, 4.69) is 12.2 Å². The monoisotopic (exact) mass is 319 g/mol. The molecule has 0 aliphatic heterocycles. The number of aromatic hydroxyl groups is 1. The van der Waals surface area contributed by atoms with Gasteiger partial charge in [0, 0.05) is 6.42 Å². The lowest BCUT2D eigenvalue weighted by molar-refractivity contribution is -0.134. The Morgan fingerprint density at radius 3 is 2.26 bits per heavy atom. The van der Waals surface area contributed by atoms with Gasteiger partial charge in [-0.15, -0.1) is 0 Å². The number of carbonyl (C=O) groups excluding carboxylic acids is 1. The molecule has 23 heavy (non-hydrogen) atoms. The molecular weight excluding hydrogens is 294 g/mol. The molecule has 1 amide bonds. The summed E-state index contributed by atoms with van der Waals surface area (Å²) >= 11 is 0. The fourth-order valence-electron chi connectivity index (χ4n) is 2.17. The molecular formula is C18H25NO4. The van der Waals surface area contributed by atoms with Crippen molar-refractivity contribution in [3.05, 3.63) is 35.5 Å². The van der Waals surface area contributed by atoms with Crippen LogP contribution in [0.4, 0.5) is 0 Å². The van der Waals surface area contributed by atoms with Crippen molar-refractivity contribution in [3.63, 3.8) is 0 Å². The van der Waals surface area contributed by atoms with Crippen molar-refractivity contribution in [1.29, 1.82) is 0 Å². The van der Waals surface area contributed by atoms with E-state index in [4.69, 9.17) is 0 Å². The molecule has 1 aromatic rings. The Labute approximate surface area is 137 Å². The molecule has 0 fully saturated rings. The van der Waals surface area contributed by atoms with Gasteiger partial charge in [0.15, 0.2) is 0 Å². The summed E-state index contributed by atoms with van der Waals surface area (Å²) in [6.45, 7) is 2.15. The number of phenolic OH excluding ortho intramolecular Hbond substituents is 1. The smallest absolute Gasteiger partial charge is 0.352 e. The Morgan fingerprint density at radius 2 is 1.65 bits per heavy atom. The third-order valence-electron chi connectivity index (χ3n) is 3.47. The molecule has 0 spiro atoms. The third kappa shape index (κ3) is 8.04. The first kappa shape index (κ1) is 18.7. The molecule has 1 aromatic carbocycles. The number of carbonyl (C=O) groups is 2. The van der Waals surface area contributed by atoms with E-state index in [1.807, 2.05) is 0 Å². The summed E-state index contributed by atoms with van der Waals surface area (Å²) in [4.78, 5) is 23.1. The van der Waals surface area contributed by atoms with Gasteiger partial charge in [0.25, 0.3) is 0 Å². The van der Waals surface area contributed by atoms with Gasteiger partial charge in [0.05, 0.1) is 0 Å². The number of carboxylic acids is 1. The topological polar surface area (TPSA) is 86.6 Å². The Hall–Kier alpha value is -2.30. The minimum Gasteiger partial charge on any atom is -0.508 e. The summed E-state index contributed by atoms with van der Waals surface area (Å²) in [5, 5.41) is 20.8. The molecule has 0 bridgehead atoms. The second-order valence-electron chi connectivity index (χ2n) is 5.52. The quantitative estimate of drug-likeness (QED) is 0.453. The molecule has 5 nitrogen and oxygen atoms in total. The number of phenols is 1. The van der Waals surface area contributed by atoms with Gasteiger partial charge < -0.3 is 15.5 Å². The van der Waals surface area contributed by atoms with E-state index in [-0.39, 0.29) is 17.4 Å². The molecule has 5 heteroatoms. The van der Waals surface area contributed by atoms with Crippen LogP contribution in [0.1, 0.15) is 57.4 Å². The fourth-order valence-corrected chi connectivity index (χ4v) is 2.17. The lowest BCUT2D eigenvalue weighted by Gasteiger charge is -2.06. The van der Waals surface area contributed by atoms with Crippen LogP contribution in [0.2, 0.25) is 0 Å². The first-order valence-electron chi connectivity index (χ1n) is 8.06. The van der Waals surface area contributed by atoms with Gasteiger partial charge in [-0.1, -0.05) is 51.2 Å². The summed E-state index contributed by atoms with van der Waals surface area (Å²) in [6, 6.07) is 6.09. The first-order chi connectivity index (χ1) is 11.0. The molecule has 0 aromatic heterocycles. The van der Waals surface area contributed by atoms with Crippen molar-refractivity contribution in [1.82, 2.24) is 5.32 Å². The summed E-state index contributed by atoms with van der Waals surface area (Å²) < 4.78 is 0. The van der Waals surface area contributed by atoms with Crippen LogP contribution in [-0.4, -0.2) is 22.1 Å². The summed E-state index contributed by atoms with van der Waals surface area (Å²) in [6.07, 6.45) is 8.14. The molecule has 0 heterocycles. The highest BCUT2D eigenvalue weighted by Gasteiger charge is 2.11. The Bertz CT molecular complexity index is 534. The molecule has 0 atom stereocenters. The summed E-state index contributed by atoms with van der Waals surface area (Å²) in [7, 11) is 0. The van der Waals surface area contributed by atoms with Gasteiger partial charge in [-0.3, -0.25) is 4.79 Å². The van der Waals surface area contributed by atoms with Gasteiger partial charge in [-0.2, -0.15) is 0 Å². The van der Waals surface area contributed by atoms with E-state index in [1.165, 1.54) is 37.5 Å². The van der Waals surface area contributed by atoms with E-state index < -0.39 is 5.97 Å². The number of carboxylic acid groups (broad SMARTS) is 1. The van der Waals surface area contributed by atoms with Crippen LogP contribution in [0.3, 0.4) is 0 Å². The average Bonchev–Trinajstić information content (AvgIpc) is 2.52. The van der Waals surface area contributed by atoms with Crippen molar-refractivity contribution < 1.29 is 19.8 Å². The number of unbranched alkanes of at least 4 members (excludes halogenated alkanes) is 5. The van der Waals surface area contributed by atoms with E-state index in [0.29, 0.717) is 12.0 Å². The number of hydrogen-bond donors (Lipinski definition) is 3. The van der Waals surface area contributed by atoms with Gasteiger partial charge in [0.2, 0.25) is 5.91 Å². The lowest BCUT2D eigenvalue weighted by Crippen LogP contribution is -2.26. The number of amides is 1. The molecule has 1 rings (SSSR count). The molecule has 0 unspecified atom stereocenters. The number of nitrogens with one attached hydrogen (secondary N) is 1. The average molecular weight is 319 g/mol. The summed E-state index contributed by atoms with van der Waals surface area (Å²) in [5.41, 5.74) is 0.437. The SMILES string of the molecule is CCCCCCCCC(=O)NC(=Cc1ccc(O)cc1)C(=O)O. The molecule has 0 saturated carbocycles. The van der Waals surface area contributed by atoms with Crippen LogP contribution in [0, 0.1) is 0 Å². The Balaban J connectivity index is 2.47. The highest BCUT2D eigenvalue weighted by atomic mass is 16.4. The van der Waals surface area contributed by atoms with Gasteiger partial charge >= 0.3 is 5.97 Å². The van der Waals surface area contributed by atoms with Gasteiger partial charge in [-0.25, -0.2) is 4.79 Å². The van der Waals surface area contributed by atoms with E-state index in [1.54, 1.807) is 12.1 Å². The highest BCUT2D eigenvalue weighted by molar-refractivity contribution is 5.96. The van der Waals surface area contributed by atoms with Crippen LogP contribution < -0.4 is 5.32 Å². The third-order valence-corrected chi connectivity index (χ3v) is 3.47. The largest absolute Gasteiger partial charge is 0.508 e. The molecule has 0 saturated heterocycles. The zero-order chi connectivity index (χ0) is 17.1. The molecule has 0 aliphatic carbocycles. The van der Waals surface area contributed by atoms with Crippen molar-refractivity contribution in [2.45, 2.75) is 51.9 Å². The second-order valence-corrected chi connectivity index (χ2v) is 5.52. The standard InChI is InChI=1S/C18H25NO4/c1-2-3-4-5-6-7-8-17(21)19-16(18(22)23)13-14-9-11-15(20)12-10-14/h9-13,20H,2-8H2,1H3,(H,19,21)(H,22,23). The van der Waals surface area contributed by atoms with Crippen molar-refractivity contribution in [2.75, 3.05) is 0 Å². The lowest BCUT2D eigenvalue weighted by atomic mass is 10.1. The Morgan fingerprint density at radius 1 is 1.04 bits per heavy atom. The minimum absolute atomic E-state index is 0.103. The molecule has 126 valence electrons. The maximum Gasteiger partial charge on any atom is 0.352 e. The maximum absolute atomic E-state index is 11.8. The number of benzene rings is 1. The zero-order valence-corrected chi connectivity index (χ0v) is 13.5.